The van der Waals surface area contributed by atoms with Crippen LogP contribution in [0.25, 0.3) is 6.08 Å². The van der Waals surface area contributed by atoms with Gasteiger partial charge in [0.2, 0.25) is 5.91 Å². The van der Waals surface area contributed by atoms with Crippen molar-refractivity contribution in [1.82, 2.24) is 9.80 Å². The van der Waals surface area contributed by atoms with E-state index in [-0.39, 0.29) is 18.9 Å². The molecule has 2 aliphatic rings. The van der Waals surface area contributed by atoms with E-state index in [9.17, 15) is 9.59 Å². The molecule has 1 saturated heterocycles. The number of amides is 2. The van der Waals surface area contributed by atoms with Gasteiger partial charge in [0.25, 0.3) is 0 Å². The molecule has 0 aromatic heterocycles. The fourth-order valence-electron chi connectivity index (χ4n) is 7.11. The molecule has 0 saturated carbocycles. The highest BCUT2D eigenvalue weighted by molar-refractivity contribution is 5.93. The lowest BCUT2D eigenvalue weighted by molar-refractivity contribution is -0.141. The Morgan fingerprint density at radius 3 is 1.94 bits per heavy atom. The maximum Gasteiger partial charge on any atom is 0.411 e. The second-order valence-electron chi connectivity index (χ2n) is 12.3. The van der Waals surface area contributed by atoms with E-state index in [1.807, 2.05) is 44.2 Å². The summed E-state index contributed by atoms with van der Waals surface area (Å²) in [6, 6.07) is 7.48. The Morgan fingerprint density at radius 1 is 0.800 bits per heavy atom. The van der Waals surface area contributed by atoms with Crippen molar-refractivity contribution in [2.24, 2.45) is 0 Å². The summed E-state index contributed by atoms with van der Waals surface area (Å²) in [7, 11) is 11.0. The smallest absolute Gasteiger partial charge is 0.411 e. The fraction of sp³-hybridized carbons (Fsp3) is 0.421. The molecule has 268 valence electrons. The Hall–Kier alpha value is -5.26. The molecule has 0 unspecified atom stereocenters. The highest BCUT2D eigenvalue weighted by Gasteiger charge is 2.54. The second kappa shape index (κ2) is 14.7. The van der Waals surface area contributed by atoms with Crippen LogP contribution in [0.5, 0.6) is 40.2 Å². The van der Waals surface area contributed by atoms with Crippen LogP contribution in [0.3, 0.4) is 0 Å². The first kappa shape index (κ1) is 36.0. The average molecular weight is 691 g/mol. The zero-order chi connectivity index (χ0) is 36.4. The van der Waals surface area contributed by atoms with Crippen LogP contribution in [0.15, 0.2) is 36.0 Å². The van der Waals surface area contributed by atoms with Crippen LogP contribution in [-0.2, 0) is 22.5 Å². The van der Waals surface area contributed by atoms with Gasteiger partial charge in [-0.3, -0.25) is 9.69 Å². The molecule has 2 bridgehead atoms. The van der Waals surface area contributed by atoms with Crippen LogP contribution in [-0.4, -0.2) is 83.7 Å². The molecule has 0 spiro atoms. The number of ether oxygens (including phenoxy) is 8. The third-order valence-corrected chi connectivity index (χ3v) is 9.20. The van der Waals surface area contributed by atoms with Crippen molar-refractivity contribution in [3.8, 4) is 40.2 Å². The first-order valence-corrected chi connectivity index (χ1v) is 16.3. The minimum absolute atomic E-state index is 0.160. The van der Waals surface area contributed by atoms with Gasteiger partial charge in [-0.15, -0.1) is 0 Å². The summed E-state index contributed by atoms with van der Waals surface area (Å²) in [6.07, 6.45) is 0.923. The highest BCUT2D eigenvalue weighted by atomic mass is 16.6. The normalized spacial score (nSPS) is 17.4. The standard InChI is InChI=1S/C38H46N2O10/c1-20(2)50-38(42)40-28-18-26-30(36(49-11)35(48-10)22(4)33(26)46-8)31(40)27(39(37(28)41)19-23-12-14-25(43-5)15-13-23)16-24-17-29(44-6)34(47-9)21(3)32(24)45-7/h12-17,20,28,31H,18-19H2,1-11H3/b27-16+/t28-,31-/m0/s1. The molecular formula is C38H46N2O10. The predicted molar refractivity (Wildman–Crippen MR) is 187 cm³/mol. The van der Waals surface area contributed by atoms with Crippen LogP contribution in [0.4, 0.5) is 4.79 Å². The molecule has 3 aromatic rings. The summed E-state index contributed by atoms with van der Waals surface area (Å²) in [6.45, 7) is 7.48. The van der Waals surface area contributed by atoms with E-state index in [2.05, 4.69) is 0 Å². The summed E-state index contributed by atoms with van der Waals surface area (Å²) in [5.74, 6) is 3.32. The van der Waals surface area contributed by atoms with Crippen molar-refractivity contribution in [2.45, 2.75) is 58.8 Å². The zero-order valence-corrected chi connectivity index (χ0v) is 30.6. The molecule has 12 heteroatoms. The molecule has 0 aliphatic carbocycles. The number of rotatable bonds is 11. The quantitative estimate of drug-likeness (QED) is 0.228. The van der Waals surface area contributed by atoms with Gasteiger partial charge in [-0.25, -0.2) is 4.79 Å². The van der Waals surface area contributed by atoms with Crippen molar-refractivity contribution in [2.75, 3.05) is 49.8 Å². The third kappa shape index (κ3) is 6.07. The van der Waals surface area contributed by atoms with Gasteiger partial charge < -0.3 is 42.8 Å². The molecule has 0 radical (unpaired) electrons. The van der Waals surface area contributed by atoms with Crippen molar-refractivity contribution in [1.29, 1.82) is 0 Å². The van der Waals surface area contributed by atoms with Crippen molar-refractivity contribution in [3.05, 3.63) is 69.4 Å². The van der Waals surface area contributed by atoms with Crippen molar-refractivity contribution < 1.29 is 47.5 Å². The van der Waals surface area contributed by atoms with E-state index >= 15 is 0 Å². The zero-order valence-electron chi connectivity index (χ0n) is 30.6. The first-order chi connectivity index (χ1) is 24.0. The number of benzene rings is 3. The third-order valence-electron chi connectivity index (χ3n) is 9.20. The van der Waals surface area contributed by atoms with E-state index in [4.69, 9.17) is 37.9 Å². The number of nitrogens with zero attached hydrogens (tertiary/aromatic N) is 2. The predicted octanol–water partition coefficient (Wildman–Crippen LogP) is 6.26. The van der Waals surface area contributed by atoms with Gasteiger partial charge in [-0.2, -0.15) is 0 Å². The summed E-state index contributed by atoms with van der Waals surface area (Å²) < 4.78 is 46.5. The summed E-state index contributed by atoms with van der Waals surface area (Å²) in [4.78, 5) is 32.3. The van der Waals surface area contributed by atoms with Gasteiger partial charge in [0.15, 0.2) is 23.0 Å². The molecule has 2 amide bonds. The van der Waals surface area contributed by atoms with Gasteiger partial charge in [0, 0.05) is 39.9 Å². The molecular weight excluding hydrogens is 644 g/mol. The summed E-state index contributed by atoms with van der Waals surface area (Å²) in [5.41, 5.74) is 4.69. The van der Waals surface area contributed by atoms with Crippen LogP contribution in [0, 0.1) is 13.8 Å². The Kier molecular flexibility index (Phi) is 10.6. The molecule has 12 nitrogen and oxygen atoms in total. The molecule has 2 heterocycles. The number of methoxy groups -OCH3 is 7. The minimum Gasteiger partial charge on any atom is -0.497 e. The SMILES string of the molecule is COc1ccc(CN2C(=O)[C@@H]3Cc4c(OC)c(C)c(OC)c(OC)c4[C@H](/C2=C\c2cc(OC)c(OC)c(C)c2OC)N3C(=O)OC(C)C)cc1. The molecule has 5 rings (SSSR count). The van der Waals surface area contributed by atoms with Crippen molar-refractivity contribution in [3.63, 3.8) is 0 Å². The van der Waals surface area contributed by atoms with E-state index < -0.39 is 24.3 Å². The Labute approximate surface area is 293 Å². The van der Waals surface area contributed by atoms with Gasteiger partial charge in [0.05, 0.1) is 62.4 Å². The minimum atomic E-state index is -0.922. The fourth-order valence-corrected chi connectivity index (χ4v) is 7.11. The lowest BCUT2D eigenvalue weighted by Gasteiger charge is -2.51. The van der Waals surface area contributed by atoms with E-state index in [0.717, 1.165) is 11.1 Å². The van der Waals surface area contributed by atoms with Crippen LogP contribution < -0.4 is 33.2 Å². The van der Waals surface area contributed by atoms with Gasteiger partial charge >= 0.3 is 6.09 Å². The molecule has 3 aromatic carbocycles. The number of hydrogen-bond acceptors (Lipinski definition) is 10. The summed E-state index contributed by atoms with van der Waals surface area (Å²) in [5, 5.41) is 0. The molecule has 2 aliphatic heterocycles. The molecule has 2 atom stereocenters. The molecule has 0 N–H and O–H groups in total. The Bertz CT molecular complexity index is 1800. The lowest BCUT2D eigenvalue weighted by Crippen LogP contribution is -2.61. The van der Waals surface area contributed by atoms with Crippen LogP contribution in [0.1, 0.15) is 53.3 Å². The highest BCUT2D eigenvalue weighted by Crippen LogP contribution is 2.55. The Morgan fingerprint density at radius 2 is 1.40 bits per heavy atom. The number of carbonyl (C=O) groups is 2. The maximum atomic E-state index is 14.9. The number of carbonyl (C=O) groups excluding carboxylic acids is 2. The summed E-state index contributed by atoms with van der Waals surface area (Å²) >= 11 is 0. The second-order valence-corrected chi connectivity index (χ2v) is 12.3. The van der Waals surface area contributed by atoms with Gasteiger partial charge in [0.1, 0.15) is 29.3 Å². The van der Waals surface area contributed by atoms with E-state index in [1.54, 1.807) is 74.6 Å². The van der Waals surface area contributed by atoms with Gasteiger partial charge in [-0.05, 0) is 57.5 Å². The van der Waals surface area contributed by atoms with E-state index in [0.29, 0.717) is 68.2 Å². The topological polar surface area (TPSA) is 114 Å². The maximum absolute atomic E-state index is 14.9. The molecule has 50 heavy (non-hydrogen) atoms. The number of hydrogen-bond donors (Lipinski definition) is 0. The van der Waals surface area contributed by atoms with Crippen LogP contribution >= 0.6 is 0 Å². The average Bonchev–Trinajstić information content (AvgIpc) is 3.10. The van der Waals surface area contributed by atoms with Crippen LogP contribution in [0.2, 0.25) is 0 Å². The lowest BCUT2D eigenvalue weighted by atomic mass is 9.80. The van der Waals surface area contributed by atoms with Gasteiger partial charge in [-0.1, -0.05) is 12.1 Å². The van der Waals surface area contributed by atoms with Crippen molar-refractivity contribution >= 4 is 18.1 Å². The number of fused-ring (bicyclic) bond motifs is 4. The molecule has 1 fully saturated rings. The van der Waals surface area contributed by atoms with E-state index in [1.165, 1.54) is 4.90 Å². The first-order valence-electron chi connectivity index (χ1n) is 16.3. The Balaban J connectivity index is 1.90. The number of piperazine rings is 1. The monoisotopic (exact) mass is 690 g/mol. The largest absolute Gasteiger partial charge is 0.497 e.